The number of hydrogen-bond acceptors (Lipinski definition) is 3. The van der Waals surface area contributed by atoms with E-state index < -0.39 is 0 Å². The van der Waals surface area contributed by atoms with Crippen LogP contribution in [0.3, 0.4) is 0 Å². The van der Waals surface area contributed by atoms with Crippen LogP contribution in [0.25, 0.3) is 0 Å². The third kappa shape index (κ3) is 4.27. The van der Waals surface area contributed by atoms with Crippen LogP contribution in [-0.4, -0.2) is 11.0 Å². The van der Waals surface area contributed by atoms with Crippen molar-refractivity contribution in [1.29, 1.82) is 0 Å². The van der Waals surface area contributed by atoms with Crippen molar-refractivity contribution in [2.75, 3.05) is 0 Å². The number of aromatic nitrogens is 1. The Balaban J connectivity index is 1.95. The Labute approximate surface area is 122 Å². The molecule has 0 amide bonds. The van der Waals surface area contributed by atoms with Crippen molar-refractivity contribution >= 4 is 11.6 Å². The van der Waals surface area contributed by atoms with Gasteiger partial charge in [0.25, 0.3) is 0 Å². The van der Waals surface area contributed by atoms with E-state index in [0.717, 1.165) is 18.4 Å². The lowest BCUT2D eigenvalue weighted by Crippen LogP contribution is -2.37. The standard InChI is InChI=1S/C15H17ClFN3/c16-15-10-13(17)3-2-12(15)9-14(20-18)4-1-11-5-7-19-8-6-11/h2-3,5-8,10,14,20H,1,4,9,18H2. The fraction of sp³-hybridized carbons (Fsp3) is 0.267. The molecule has 0 spiro atoms. The van der Waals surface area contributed by atoms with E-state index in [1.807, 2.05) is 12.1 Å². The Bertz CT molecular complexity index is 548. The van der Waals surface area contributed by atoms with Gasteiger partial charge < -0.3 is 0 Å². The van der Waals surface area contributed by atoms with Crippen molar-refractivity contribution in [3.63, 3.8) is 0 Å². The lowest BCUT2D eigenvalue weighted by atomic mass is 10.00. The third-order valence-electron chi connectivity index (χ3n) is 3.25. The van der Waals surface area contributed by atoms with Gasteiger partial charge in [0.15, 0.2) is 0 Å². The molecular weight excluding hydrogens is 277 g/mol. The third-order valence-corrected chi connectivity index (χ3v) is 3.60. The second kappa shape index (κ2) is 7.33. The molecule has 0 aliphatic rings. The summed E-state index contributed by atoms with van der Waals surface area (Å²) in [4.78, 5) is 3.99. The maximum absolute atomic E-state index is 13.0. The van der Waals surface area contributed by atoms with E-state index in [0.29, 0.717) is 11.4 Å². The van der Waals surface area contributed by atoms with E-state index in [2.05, 4.69) is 10.4 Å². The fourth-order valence-electron chi connectivity index (χ4n) is 2.09. The maximum atomic E-state index is 13.0. The Hall–Kier alpha value is -1.49. The zero-order valence-electron chi connectivity index (χ0n) is 11.0. The Morgan fingerprint density at radius 1 is 1.25 bits per heavy atom. The number of hydrazine groups is 1. The lowest BCUT2D eigenvalue weighted by molar-refractivity contribution is 0.491. The number of halogens is 2. The van der Waals surface area contributed by atoms with E-state index in [1.54, 1.807) is 18.5 Å². The molecule has 3 N–H and O–H groups in total. The Morgan fingerprint density at radius 2 is 2.00 bits per heavy atom. The maximum Gasteiger partial charge on any atom is 0.124 e. The molecule has 1 unspecified atom stereocenters. The molecule has 0 fully saturated rings. The zero-order chi connectivity index (χ0) is 14.4. The van der Waals surface area contributed by atoms with Gasteiger partial charge in [-0.1, -0.05) is 17.7 Å². The monoisotopic (exact) mass is 293 g/mol. The van der Waals surface area contributed by atoms with Crippen LogP contribution in [0.15, 0.2) is 42.7 Å². The number of benzene rings is 1. The summed E-state index contributed by atoms with van der Waals surface area (Å²) >= 11 is 6.03. The number of pyridine rings is 1. The summed E-state index contributed by atoms with van der Waals surface area (Å²) in [6.07, 6.45) is 5.99. The molecule has 3 nitrogen and oxygen atoms in total. The van der Waals surface area contributed by atoms with Crippen molar-refractivity contribution in [1.82, 2.24) is 10.4 Å². The molecule has 0 radical (unpaired) electrons. The molecule has 1 atom stereocenters. The zero-order valence-corrected chi connectivity index (χ0v) is 11.8. The first-order valence-corrected chi connectivity index (χ1v) is 6.86. The molecule has 1 heterocycles. The minimum absolute atomic E-state index is 0.0890. The van der Waals surface area contributed by atoms with Gasteiger partial charge in [-0.15, -0.1) is 0 Å². The average Bonchev–Trinajstić information content (AvgIpc) is 2.46. The van der Waals surface area contributed by atoms with Crippen LogP contribution in [0.1, 0.15) is 17.5 Å². The van der Waals surface area contributed by atoms with Gasteiger partial charge in [0.1, 0.15) is 5.82 Å². The normalized spacial score (nSPS) is 12.3. The summed E-state index contributed by atoms with van der Waals surface area (Å²) in [6, 6.07) is 8.50. The van der Waals surface area contributed by atoms with Gasteiger partial charge in [0.05, 0.1) is 0 Å². The quantitative estimate of drug-likeness (QED) is 0.636. The SMILES string of the molecule is NNC(CCc1ccncc1)Cc1ccc(F)cc1Cl. The number of rotatable bonds is 6. The van der Waals surface area contributed by atoms with Gasteiger partial charge in [-0.25, -0.2) is 4.39 Å². The molecular formula is C15H17ClFN3. The Morgan fingerprint density at radius 3 is 2.65 bits per heavy atom. The van der Waals surface area contributed by atoms with E-state index in [4.69, 9.17) is 17.4 Å². The number of aryl methyl sites for hydroxylation is 1. The largest absolute Gasteiger partial charge is 0.271 e. The highest BCUT2D eigenvalue weighted by molar-refractivity contribution is 6.31. The molecule has 20 heavy (non-hydrogen) atoms. The first-order valence-electron chi connectivity index (χ1n) is 6.48. The van der Waals surface area contributed by atoms with Gasteiger partial charge in [-0.3, -0.25) is 16.3 Å². The second-order valence-electron chi connectivity index (χ2n) is 4.70. The molecule has 5 heteroatoms. The molecule has 106 valence electrons. The molecule has 0 bridgehead atoms. The highest BCUT2D eigenvalue weighted by Gasteiger charge is 2.11. The first kappa shape index (κ1) is 14.9. The van der Waals surface area contributed by atoms with Crippen LogP contribution >= 0.6 is 11.6 Å². The summed E-state index contributed by atoms with van der Waals surface area (Å²) in [7, 11) is 0. The van der Waals surface area contributed by atoms with E-state index in [1.165, 1.54) is 17.7 Å². The summed E-state index contributed by atoms with van der Waals surface area (Å²) in [6.45, 7) is 0. The van der Waals surface area contributed by atoms with Crippen LogP contribution < -0.4 is 11.3 Å². The minimum atomic E-state index is -0.326. The minimum Gasteiger partial charge on any atom is -0.271 e. The van der Waals surface area contributed by atoms with Crippen LogP contribution in [0.4, 0.5) is 4.39 Å². The van der Waals surface area contributed by atoms with Crippen LogP contribution in [-0.2, 0) is 12.8 Å². The van der Waals surface area contributed by atoms with Crippen LogP contribution in [0.5, 0.6) is 0 Å². The summed E-state index contributed by atoms with van der Waals surface area (Å²) in [5.41, 5.74) is 4.90. The first-order chi connectivity index (χ1) is 9.69. The molecule has 1 aromatic carbocycles. The molecule has 0 saturated heterocycles. The highest BCUT2D eigenvalue weighted by Crippen LogP contribution is 2.19. The molecule has 0 aliphatic heterocycles. The van der Waals surface area contributed by atoms with Crippen LogP contribution in [0, 0.1) is 5.82 Å². The summed E-state index contributed by atoms with van der Waals surface area (Å²) < 4.78 is 13.0. The van der Waals surface area contributed by atoms with Gasteiger partial charge in [-0.2, -0.15) is 0 Å². The van der Waals surface area contributed by atoms with E-state index in [9.17, 15) is 4.39 Å². The van der Waals surface area contributed by atoms with Crippen molar-refractivity contribution in [2.45, 2.75) is 25.3 Å². The molecule has 2 aromatic rings. The lowest BCUT2D eigenvalue weighted by Gasteiger charge is -2.16. The molecule has 0 saturated carbocycles. The highest BCUT2D eigenvalue weighted by atomic mass is 35.5. The van der Waals surface area contributed by atoms with Gasteiger partial charge in [0.2, 0.25) is 0 Å². The van der Waals surface area contributed by atoms with Crippen LogP contribution in [0.2, 0.25) is 5.02 Å². The fourth-order valence-corrected chi connectivity index (χ4v) is 2.33. The number of nitrogens with two attached hydrogens (primary N) is 1. The molecule has 1 aromatic heterocycles. The van der Waals surface area contributed by atoms with Crippen molar-refractivity contribution in [3.8, 4) is 0 Å². The summed E-state index contributed by atoms with van der Waals surface area (Å²) in [5.74, 6) is 5.26. The van der Waals surface area contributed by atoms with E-state index >= 15 is 0 Å². The van der Waals surface area contributed by atoms with Crippen molar-refractivity contribution < 1.29 is 4.39 Å². The Kier molecular flexibility index (Phi) is 5.47. The molecule has 2 rings (SSSR count). The predicted octanol–water partition coefficient (Wildman–Crippen LogP) is 2.88. The van der Waals surface area contributed by atoms with Crippen molar-refractivity contribution in [3.05, 3.63) is 64.7 Å². The smallest absolute Gasteiger partial charge is 0.124 e. The van der Waals surface area contributed by atoms with Crippen molar-refractivity contribution in [2.24, 2.45) is 5.84 Å². The summed E-state index contributed by atoms with van der Waals surface area (Å²) in [5, 5.41) is 0.439. The predicted molar refractivity (Wildman–Crippen MR) is 78.8 cm³/mol. The van der Waals surface area contributed by atoms with Gasteiger partial charge >= 0.3 is 0 Å². The average molecular weight is 294 g/mol. The number of nitrogens with one attached hydrogen (secondary N) is 1. The topological polar surface area (TPSA) is 50.9 Å². The van der Waals surface area contributed by atoms with Gasteiger partial charge in [0, 0.05) is 23.5 Å². The van der Waals surface area contributed by atoms with E-state index in [-0.39, 0.29) is 11.9 Å². The second-order valence-corrected chi connectivity index (χ2v) is 5.10. The number of nitrogens with zero attached hydrogens (tertiary/aromatic N) is 1. The van der Waals surface area contributed by atoms with Gasteiger partial charge in [-0.05, 0) is 54.7 Å². The molecule has 0 aliphatic carbocycles. The number of hydrogen-bond donors (Lipinski definition) is 2.